The fourth-order valence-electron chi connectivity index (χ4n) is 3.24. The highest BCUT2D eigenvalue weighted by Crippen LogP contribution is 2.41. The van der Waals surface area contributed by atoms with Crippen molar-refractivity contribution in [1.82, 2.24) is 14.6 Å². The van der Waals surface area contributed by atoms with Gasteiger partial charge >= 0.3 is 10.3 Å². The standard InChI is InChI=1S/C19H24F2N4O4S2/c1-25(2)9-8-22-31(27,28)29-11-17(26)24-19-23-16-5-3-4-13(18(16)30-19)12-6-7-14(20)15(21)10-12/h6-7,10,13,22H,3-5,8-9,11H2,1-2H3,(H,23,24,26). The summed E-state index contributed by atoms with van der Waals surface area (Å²) in [6, 6.07) is 3.85. The Hall–Kier alpha value is -1.99. The number of carbonyl (C=O) groups is 1. The number of thiazole rings is 1. The number of aromatic nitrogens is 1. The Balaban J connectivity index is 1.61. The maximum atomic E-state index is 13.7. The zero-order valence-electron chi connectivity index (χ0n) is 17.2. The molecule has 1 atom stereocenters. The summed E-state index contributed by atoms with van der Waals surface area (Å²) in [5.41, 5.74) is 1.44. The summed E-state index contributed by atoms with van der Waals surface area (Å²) in [5, 5.41) is 2.86. The summed E-state index contributed by atoms with van der Waals surface area (Å²) in [4.78, 5) is 19.2. The second-order valence-corrected chi connectivity index (χ2v) is 9.87. The number of aryl methyl sites for hydroxylation is 1. The third kappa shape index (κ3) is 6.50. The van der Waals surface area contributed by atoms with Gasteiger partial charge in [0.25, 0.3) is 5.91 Å². The predicted molar refractivity (Wildman–Crippen MR) is 113 cm³/mol. The molecule has 0 aliphatic heterocycles. The first-order chi connectivity index (χ1) is 14.6. The van der Waals surface area contributed by atoms with E-state index >= 15 is 0 Å². The van der Waals surface area contributed by atoms with Crippen molar-refractivity contribution in [2.24, 2.45) is 0 Å². The van der Waals surface area contributed by atoms with Gasteiger partial charge in [0, 0.05) is 23.9 Å². The Kier molecular flexibility index (Phi) is 7.70. The Labute approximate surface area is 183 Å². The molecule has 12 heteroatoms. The molecule has 0 bridgehead atoms. The number of rotatable bonds is 9. The minimum atomic E-state index is -4.04. The van der Waals surface area contributed by atoms with E-state index in [1.54, 1.807) is 25.1 Å². The minimum Gasteiger partial charge on any atom is -0.308 e. The van der Waals surface area contributed by atoms with Gasteiger partial charge in [-0.1, -0.05) is 6.07 Å². The number of likely N-dealkylation sites (N-methyl/N-ethyl adjacent to an activating group) is 1. The van der Waals surface area contributed by atoms with Crippen LogP contribution in [-0.4, -0.2) is 58.0 Å². The maximum Gasteiger partial charge on any atom is 0.336 e. The first kappa shape index (κ1) is 23.7. The van der Waals surface area contributed by atoms with Gasteiger partial charge in [-0.15, -0.1) is 11.3 Å². The van der Waals surface area contributed by atoms with Crippen LogP contribution in [0.25, 0.3) is 0 Å². The summed E-state index contributed by atoms with van der Waals surface area (Å²) < 4.78 is 57.4. The highest BCUT2D eigenvalue weighted by atomic mass is 32.2. The van der Waals surface area contributed by atoms with Crippen molar-refractivity contribution >= 4 is 32.7 Å². The number of nitrogens with zero attached hydrogens (tertiary/aromatic N) is 2. The first-order valence-electron chi connectivity index (χ1n) is 9.68. The number of hydrogen-bond donors (Lipinski definition) is 2. The van der Waals surface area contributed by atoms with Crippen LogP contribution in [0.15, 0.2) is 18.2 Å². The van der Waals surface area contributed by atoms with Crippen LogP contribution in [0, 0.1) is 11.6 Å². The van der Waals surface area contributed by atoms with Gasteiger partial charge in [0.05, 0.1) is 5.69 Å². The number of benzene rings is 1. The zero-order chi connectivity index (χ0) is 22.6. The minimum absolute atomic E-state index is 0.139. The van der Waals surface area contributed by atoms with Gasteiger partial charge in [-0.05, 0) is 51.1 Å². The van der Waals surface area contributed by atoms with E-state index in [4.69, 9.17) is 4.18 Å². The van der Waals surface area contributed by atoms with Gasteiger partial charge in [0.2, 0.25) is 0 Å². The zero-order valence-corrected chi connectivity index (χ0v) is 18.8. The van der Waals surface area contributed by atoms with Crippen LogP contribution in [0.3, 0.4) is 0 Å². The number of carbonyl (C=O) groups excluding carboxylic acids is 1. The molecule has 2 aromatic rings. The average Bonchev–Trinajstić information content (AvgIpc) is 3.10. The maximum absolute atomic E-state index is 13.7. The van der Waals surface area contributed by atoms with E-state index in [1.807, 2.05) is 0 Å². The molecule has 1 aliphatic rings. The lowest BCUT2D eigenvalue weighted by molar-refractivity contribution is -0.118. The molecule has 170 valence electrons. The van der Waals surface area contributed by atoms with Gasteiger partial charge in [0.1, 0.15) is 6.61 Å². The molecule has 1 heterocycles. The van der Waals surface area contributed by atoms with Crippen molar-refractivity contribution in [2.75, 3.05) is 39.1 Å². The molecule has 1 aromatic carbocycles. The van der Waals surface area contributed by atoms with E-state index in [0.717, 1.165) is 29.5 Å². The summed E-state index contributed by atoms with van der Waals surface area (Å²) in [6.45, 7) is -0.0474. The van der Waals surface area contributed by atoms with Crippen LogP contribution >= 0.6 is 11.3 Å². The van der Waals surface area contributed by atoms with Crippen LogP contribution in [0.1, 0.15) is 34.9 Å². The van der Waals surface area contributed by atoms with Crippen molar-refractivity contribution in [3.05, 3.63) is 46.0 Å². The molecule has 1 unspecified atom stereocenters. The SMILES string of the molecule is CN(C)CCNS(=O)(=O)OCC(=O)Nc1nc2c(s1)C(c1ccc(F)c(F)c1)CCC2. The van der Waals surface area contributed by atoms with E-state index in [2.05, 4.69) is 15.0 Å². The third-order valence-corrected chi connectivity index (χ3v) is 6.84. The molecule has 8 nitrogen and oxygen atoms in total. The monoisotopic (exact) mass is 474 g/mol. The number of hydrogen-bond acceptors (Lipinski definition) is 7. The smallest absolute Gasteiger partial charge is 0.308 e. The lowest BCUT2D eigenvalue weighted by atomic mass is 9.86. The van der Waals surface area contributed by atoms with Crippen LogP contribution in [-0.2, 0) is 25.7 Å². The first-order valence-corrected chi connectivity index (χ1v) is 11.9. The lowest BCUT2D eigenvalue weighted by Gasteiger charge is -2.21. The molecule has 3 rings (SSSR count). The summed E-state index contributed by atoms with van der Waals surface area (Å²) >= 11 is 1.24. The molecule has 0 saturated carbocycles. The summed E-state index contributed by atoms with van der Waals surface area (Å²) in [7, 11) is -0.442. The van der Waals surface area contributed by atoms with Gasteiger partial charge in [-0.25, -0.2) is 17.9 Å². The highest BCUT2D eigenvalue weighted by Gasteiger charge is 2.27. The Morgan fingerprint density at radius 2 is 2.10 bits per heavy atom. The van der Waals surface area contributed by atoms with E-state index in [0.29, 0.717) is 23.7 Å². The second-order valence-electron chi connectivity index (χ2n) is 7.41. The normalized spacial score (nSPS) is 16.4. The molecule has 0 fully saturated rings. The second kappa shape index (κ2) is 10.1. The number of nitrogens with one attached hydrogen (secondary N) is 2. The van der Waals surface area contributed by atoms with E-state index < -0.39 is 34.5 Å². The lowest BCUT2D eigenvalue weighted by Crippen LogP contribution is -2.34. The molecule has 2 N–H and O–H groups in total. The molecule has 0 radical (unpaired) electrons. The summed E-state index contributed by atoms with van der Waals surface area (Å²) in [6.07, 6.45) is 2.30. The third-order valence-electron chi connectivity index (χ3n) is 4.73. The van der Waals surface area contributed by atoms with Crippen molar-refractivity contribution in [2.45, 2.75) is 25.2 Å². The van der Waals surface area contributed by atoms with Crippen molar-refractivity contribution in [1.29, 1.82) is 0 Å². The van der Waals surface area contributed by atoms with Crippen LogP contribution < -0.4 is 10.0 Å². The molecule has 1 aromatic heterocycles. The van der Waals surface area contributed by atoms with E-state index in [1.165, 1.54) is 17.4 Å². The van der Waals surface area contributed by atoms with Gasteiger partial charge in [-0.3, -0.25) is 10.1 Å². The number of anilines is 1. The molecular formula is C19H24F2N4O4S2. The van der Waals surface area contributed by atoms with Crippen molar-refractivity contribution in [3.8, 4) is 0 Å². The van der Waals surface area contributed by atoms with Crippen LogP contribution in [0.5, 0.6) is 0 Å². The van der Waals surface area contributed by atoms with Crippen molar-refractivity contribution < 1.29 is 26.2 Å². The Bertz CT molecular complexity index is 1040. The van der Waals surface area contributed by atoms with Gasteiger partial charge < -0.3 is 4.90 Å². The van der Waals surface area contributed by atoms with E-state index in [9.17, 15) is 22.0 Å². The number of fused-ring (bicyclic) bond motifs is 1. The molecular weight excluding hydrogens is 450 g/mol. The molecule has 31 heavy (non-hydrogen) atoms. The number of halogens is 2. The summed E-state index contributed by atoms with van der Waals surface area (Å²) in [5.74, 6) is -2.60. The van der Waals surface area contributed by atoms with Gasteiger partial charge in [-0.2, -0.15) is 13.1 Å². The van der Waals surface area contributed by atoms with Crippen molar-refractivity contribution in [3.63, 3.8) is 0 Å². The molecule has 0 spiro atoms. The topological polar surface area (TPSA) is 101 Å². The molecule has 0 saturated heterocycles. The van der Waals surface area contributed by atoms with Crippen LogP contribution in [0.2, 0.25) is 0 Å². The average molecular weight is 475 g/mol. The quantitative estimate of drug-likeness (QED) is 0.578. The van der Waals surface area contributed by atoms with Crippen LogP contribution in [0.4, 0.5) is 13.9 Å². The molecule has 1 amide bonds. The highest BCUT2D eigenvalue weighted by molar-refractivity contribution is 7.84. The Morgan fingerprint density at radius 3 is 2.81 bits per heavy atom. The molecule has 1 aliphatic carbocycles. The van der Waals surface area contributed by atoms with Gasteiger partial charge in [0.15, 0.2) is 16.8 Å². The number of amides is 1. The largest absolute Gasteiger partial charge is 0.336 e. The Morgan fingerprint density at radius 1 is 1.32 bits per heavy atom. The predicted octanol–water partition coefficient (Wildman–Crippen LogP) is 2.24. The fraction of sp³-hybridized carbons (Fsp3) is 0.474. The fourth-order valence-corrected chi connectivity index (χ4v) is 5.12. The van der Waals surface area contributed by atoms with E-state index in [-0.39, 0.29) is 12.5 Å².